The van der Waals surface area contributed by atoms with Gasteiger partial charge >= 0.3 is 0 Å². The van der Waals surface area contributed by atoms with Gasteiger partial charge in [0.25, 0.3) is 5.91 Å². The van der Waals surface area contributed by atoms with Gasteiger partial charge in [-0.1, -0.05) is 79.7 Å². The van der Waals surface area contributed by atoms with Gasteiger partial charge in [-0.3, -0.25) is 4.79 Å². The molecule has 4 heteroatoms. The van der Waals surface area contributed by atoms with E-state index in [1.54, 1.807) is 0 Å². The van der Waals surface area contributed by atoms with Crippen molar-refractivity contribution in [2.75, 3.05) is 11.9 Å². The Labute approximate surface area is 201 Å². The van der Waals surface area contributed by atoms with Crippen LogP contribution in [0, 0.1) is 0 Å². The van der Waals surface area contributed by atoms with Crippen LogP contribution >= 0.6 is 0 Å². The number of benzene rings is 4. The van der Waals surface area contributed by atoms with Gasteiger partial charge in [0.2, 0.25) is 0 Å². The molecule has 34 heavy (non-hydrogen) atoms. The zero-order chi connectivity index (χ0) is 23.5. The van der Waals surface area contributed by atoms with Crippen LogP contribution in [0.25, 0.3) is 10.8 Å². The molecule has 4 aromatic carbocycles. The van der Waals surface area contributed by atoms with E-state index < -0.39 is 0 Å². The van der Waals surface area contributed by atoms with Crippen LogP contribution in [0.3, 0.4) is 0 Å². The number of amides is 1. The first-order chi connectivity index (χ1) is 16.7. The molecule has 0 saturated heterocycles. The molecule has 2 unspecified atom stereocenters. The molecule has 1 amide bonds. The van der Waals surface area contributed by atoms with E-state index in [-0.39, 0.29) is 18.2 Å². The van der Waals surface area contributed by atoms with Crippen molar-refractivity contribution in [3.63, 3.8) is 0 Å². The van der Waals surface area contributed by atoms with Gasteiger partial charge in [-0.2, -0.15) is 0 Å². The topological polar surface area (TPSA) is 41.6 Å². The summed E-state index contributed by atoms with van der Waals surface area (Å²) in [5.41, 5.74) is 3.78. The number of anilines is 1. The number of carbonyl (C=O) groups excluding carboxylic acids is 1. The third kappa shape index (κ3) is 4.24. The third-order valence-electron chi connectivity index (χ3n) is 6.61. The summed E-state index contributed by atoms with van der Waals surface area (Å²) >= 11 is 0. The van der Waals surface area contributed by atoms with E-state index in [1.165, 1.54) is 5.56 Å². The molecule has 0 spiro atoms. The van der Waals surface area contributed by atoms with Gasteiger partial charge in [0.1, 0.15) is 11.9 Å². The number of nitrogens with zero attached hydrogens (tertiary/aromatic N) is 1. The molecule has 0 fully saturated rings. The quantitative estimate of drug-likeness (QED) is 0.336. The lowest BCUT2D eigenvalue weighted by Gasteiger charge is -2.39. The zero-order valence-corrected chi connectivity index (χ0v) is 19.7. The smallest absolute Gasteiger partial charge is 0.257 e. The van der Waals surface area contributed by atoms with Crippen molar-refractivity contribution in [2.24, 2.45) is 0 Å². The molecule has 1 aliphatic rings. The molecular weight excluding hydrogens is 420 g/mol. The van der Waals surface area contributed by atoms with Crippen molar-refractivity contribution in [3.8, 4) is 5.75 Å². The summed E-state index contributed by atoms with van der Waals surface area (Å²) < 4.78 is 6.41. The maximum Gasteiger partial charge on any atom is 0.257 e. The highest BCUT2D eigenvalue weighted by Gasteiger charge is 2.35. The van der Waals surface area contributed by atoms with Gasteiger partial charge in [0.15, 0.2) is 0 Å². The summed E-state index contributed by atoms with van der Waals surface area (Å²) in [7, 11) is 0. The average Bonchev–Trinajstić information content (AvgIpc) is 2.88. The van der Waals surface area contributed by atoms with Crippen LogP contribution in [0.4, 0.5) is 5.69 Å². The fraction of sp³-hybridized carbons (Fsp3) is 0.233. The Morgan fingerprint density at radius 2 is 1.65 bits per heavy atom. The molecule has 0 radical (unpaired) electrons. The molecule has 0 saturated carbocycles. The maximum atomic E-state index is 13.8. The molecule has 4 aromatic rings. The highest BCUT2D eigenvalue weighted by Crippen LogP contribution is 2.41. The molecule has 1 heterocycles. The van der Waals surface area contributed by atoms with Gasteiger partial charge < -0.3 is 15.0 Å². The average molecular weight is 451 g/mol. The van der Waals surface area contributed by atoms with Gasteiger partial charge in [-0.15, -0.1) is 0 Å². The van der Waals surface area contributed by atoms with Crippen LogP contribution in [0.5, 0.6) is 5.75 Å². The van der Waals surface area contributed by atoms with Crippen molar-refractivity contribution in [3.05, 3.63) is 108 Å². The number of para-hydroxylation sites is 1. The molecule has 0 bridgehead atoms. The van der Waals surface area contributed by atoms with E-state index in [2.05, 4.69) is 49.5 Å². The van der Waals surface area contributed by atoms with Gasteiger partial charge in [0.05, 0.1) is 11.7 Å². The van der Waals surface area contributed by atoms with Crippen LogP contribution < -0.4 is 10.1 Å². The van der Waals surface area contributed by atoms with Gasteiger partial charge in [0, 0.05) is 17.8 Å². The van der Waals surface area contributed by atoms with E-state index in [4.69, 9.17) is 4.74 Å². The van der Waals surface area contributed by atoms with Gasteiger partial charge in [-0.05, 0) is 54.3 Å². The van der Waals surface area contributed by atoms with Crippen molar-refractivity contribution >= 4 is 22.4 Å². The number of rotatable bonds is 7. The van der Waals surface area contributed by atoms with Crippen molar-refractivity contribution in [1.29, 1.82) is 0 Å². The summed E-state index contributed by atoms with van der Waals surface area (Å²) in [5, 5.41) is 5.90. The second kappa shape index (κ2) is 9.60. The minimum atomic E-state index is -0.337. The second-order valence-corrected chi connectivity index (χ2v) is 8.86. The number of fused-ring (bicyclic) bond motifs is 2. The van der Waals surface area contributed by atoms with Crippen molar-refractivity contribution < 1.29 is 9.53 Å². The standard InChI is InChI=1S/C30H30N2O2/c1-3-21(2)34-27-18-17-23-13-7-8-14-24(23)28(27)29-31-26-16-10-9-15-25(26)30(33)32(29)20-19-22-11-5-4-6-12-22/h4-18,21,29,31H,3,19-20H2,1-2H3. The normalized spacial score (nSPS) is 16.1. The first kappa shape index (κ1) is 22.0. The fourth-order valence-electron chi connectivity index (χ4n) is 4.61. The van der Waals surface area contributed by atoms with Gasteiger partial charge in [-0.25, -0.2) is 0 Å². The molecule has 1 N–H and O–H groups in total. The number of carbonyl (C=O) groups is 1. The highest BCUT2D eigenvalue weighted by atomic mass is 16.5. The van der Waals surface area contributed by atoms with E-state index >= 15 is 0 Å². The predicted octanol–water partition coefficient (Wildman–Crippen LogP) is 6.83. The summed E-state index contributed by atoms with van der Waals surface area (Å²) in [6, 6.07) is 30.6. The Kier molecular flexibility index (Phi) is 6.22. The summed E-state index contributed by atoms with van der Waals surface area (Å²) in [5.74, 6) is 0.861. The van der Waals surface area contributed by atoms with Crippen molar-refractivity contribution in [2.45, 2.75) is 39.0 Å². The van der Waals surface area contributed by atoms with Crippen LogP contribution in [-0.2, 0) is 6.42 Å². The summed E-state index contributed by atoms with van der Waals surface area (Å²) in [6.45, 7) is 4.80. The van der Waals surface area contributed by atoms with E-state index in [0.717, 1.165) is 40.6 Å². The minimum absolute atomic E-state index is 0.0395. The fourth-order valence-corrected chi connectivity index (χ4v) is 4.61. The number of hydrogen-bond donors (Lipinski definition) is 1. The molecule has 1 aliphatic heterocycles. The zero-order valence-electron chi connectivity index (χ0n) is 19.7. The minimum Gasteiger partial charge on any atom is -0.490 e. The molecule has 0 aromatic heterocycles. The summed E-state index contributed by atoms with van der Waals surface area (Å²) in [6.07, 6.45) is 1.42. The lowest BCUT2D eigenvalue weighted by Crippen LogP contribution is -2.44. The summed E-state index contributed by atoms with van der Waals surface area (Å²) in [4.78, 5) is 15.8. The predicted molar refractivity (Wildman–Crippen MR) is 138 cm³/mol. The first-order valence-electron chi connectivity index (χ1n) is 12.0. The van der Waals surface area contributed by atoms with Crippen LogP contribution in [0.15, 0.2) is 91.0 Å². The Hall–Kier alpha value is -3.79. The lowest BCUT2D eigenvalue weighted by atomic mass is 9.96. The molecule has 2 atom stereocenters. The second-order valence-electron chi connectivity index (χ2n) is 8.86. The monoisotopic (exact) mass is 450 g/mol. The highest BCUT2D eigenvalue weighted by molar-refractivity contribution is 6.02. The largest absolute Gasteiger partial charge is 0.490 e. The Morgan fingerprint density at radius 1 is 0.912 bits per heavy atom. The van der Waals surface area contributed by atoms with Crippen LogP contribution in [-0.4, -0.2) is 23.5 Å². The van der Waals surface area contributed by atoms with E-state index in [0.29, 0.717) is 12.1 Å². The maximum absolute atomic E-state index is 13.8. The third-order valence-corrected chi connectivity index (χ3v) is 6.61. The number of ether oxygens (including phenoxy) is 1. The lowest BCUT2D eigenvalue weighted by molar-refractivity contribution is 0.0683. The van der Waals surface area contributed by atoms with Crippen LogP contribution in [0.2, 0.25) is 0 Å². The molecule has 4 nitrogen and oxygen atoms in total. The number of hydrogen-bond acceptors (Lipinski definition) is 3. The first-order valence-corrected chi connectivity index (χ1v) is 12.0. The van der Waals surface area contributed by atoms with Crippen molar-refractivity contribution in [1.82, 2.24) is 4.90 Å². The Bertz CT molecular complexity index is 1300. The molecule has 172 valence electrons. The van der Waals surface area contributed by atoms with Crippen LogP contribution in [0.1, 0.15) is 47.9 Å². The number of nitrogens with one attached hydrogen (secondary N) is 1. The van der Waals surface area contributed by atoms with E-state index in [9.17, 15) is 4.79 Å². The Morgan fingerprint density at radius 3 is 2.47 bits per heavy atom. The SMILES string of the molecule is CCC(C)Oc1ccc2ccccc2c1C1Nc2ccccc2C(=O)N1CCc1ccccc1. The molecule has 5 rings (SSSR count). The Balaban J connectivity index is 1.63. The molecule has 0 aliphatic carbocycles. The molecular formula is C30H30N2O2. The van der Waals surface area contributed by atoms with E-state index in [1.807, 2.05) is 65.6 Å².